The van der Waals surface area contributed by atoms with Gasteiger partial charge in [0.25, 0.3) is 0 Å². The molecule has 18 heavy (non-hydrogen) atoms. The number of pyridine rings is 1. The van der Waals surface area contributed by atoms with E-state index < -0.39 is 0 Å². The van der Waals surface area contributed by atoms with E-state index in [0.29, 0.717) is 13.0 Å². The molecule has 0 saturated carbocycles. The van der Waals surface area contributed by atoms with Gasteiger partial charge in [0.05, 0.1) is 12.5 Å². The van der Waals surface area contributed by atoms with Gasteiger partial charge >= 0.3 is 5.97 Å². The lowest BCUT2D eigenvalue weighted by Crippen LogP contribution is -2.34. The van der Waals surface area contributed by atoms with Crippen molar-refractivity contribution in [3.63, 3.8) is 0 Å². The molecule has 1 aromatic heterocycles. The second-order valence-corrected chi connectivity index (χ2v) is 5.17. The maximum atomic E-state index is 12.1. The highest BCUT2D eigenvalue weighted by atomic mass is 16.5. The Bertz CT molecular complexity index is 373. The molecule has 0 aliphatic rings. The number of esters is 1. The Hall–Kier alpha value is -1.38. The molecular formula is C15H23NO2. The van der Waals surface area contributed by atoms with Crippen molar-refractivity contribution < 1.29 is 9.53 Å². The first kappa shape index (κ1) is 14.7. The van der Waals surface area contributed by atoms with E-state index >= 15 is 0 Å². The molecule has 0 spiro atoms. The number of aromatic nitrogens is 1. The molecule has 3 nitrogen and oxygen atoms in total. The summed E-state index contributed by atoms with van der Waals surface area (Å²) in [6.45, 7) is 8.59. The summed E-state index contributed by atoms with van der Waals surface area (Å²) in [6, 6.07) is 5.79. The summed E-state index contributed by atoms with van der Waals surface area (Å²) in [5.41, 5.74) is 0.862. The van der Waals surface area contributed by atoms with Crippen molar-refractivity contribution >= 4 is 5.97 Å². The van der Waals surface area contributed by atoms with Crippen LogP contribution in [0.15, 0.2) is 24.4 Å². The van der Waals surface area contributed by atoms with E-state index in [1.165, 1.54) is 0 Å². The quantitative estimate of drug-likeness (QED) is 0.726. The fraction of sp³-hybridized carbons (Fsp3) is 0.600. The highest BCUT2D eigenvalue weighted by Crippen LogP contribution is 2.33. The summed E-state index contributed by atoms with van der Waals surface area (Å²) in [5, 5.41) is 0. The molecule has 0 radical (unpaired) electrons. The van der Waals surface area contributed by atoms with E-state index in [-0.39, 0.29) is 17.3 Å². The van der Waals surface area contributed by atoms with E-state index in [9.17, 15) is 4.79 Å². The molecular weight excluding hydrogens is 226 g/mol. The van der Waals surface area contributed by atoms with Gasteiger partial charge in [0.1, 0.15) is 0 Å². The fourth-order valence-electron chi connectivity index (χ4n) is 1.90. The van der Waals surface area contributed by atoms with Crippen molar-refractivity contribution in [1.82, 2.24) is 4.98 Å². The van der Waals surface area contributed by atoms with Crippen molar-refractivity contribution in [3.8, 4) is 0 Å². The van der Waals surface area contributed by atoms with E-state index in [1.54, 1.807) is 6.20 Å². The second kappa shape index (κ2) is 6.53. The average Bonchev–Trinajstić information content (AvgIpc) is 2.37. The van der Waals surface area contributed by atoms with Gasteiger partial charge in [-0.05, 0) is 24.5 Å². The van der Waals surface area contributed by atoms with Crippen LogP contribution in [0.5, 0.6) is 0 Å². The third-order valence-corrected chi connectivity index (χ3v) is 3.57. The molecule has 0 aliphatic carbocycles. The van der Waals surface area contributed by atoms with E-state index in [1.807, 2.05) is 25.1 Å². The van der Waals surface area contributed by atoms with Gasteiger partial charge in [0, 0.05) is 18.3 Å². The molecule has 3 heteroatoms. The maximum Gasteiger partial charge on any atom is 0.309 e. The van der Waals surface area contributed by atoms with Crippen LogP contribution in [-0.2, 0) is 16.0 Å². The molecule has 1 unspecified atom stereocenters. The van der Waals surface area contributed by atoms with Crippen LogP contribution in [0.25, 0.3) is 0 Å². The highest BCUT2D eigenvalue weighted by molar-refractivity contribution is 5.73. The largest absolute Gasteiger partial charge is 0.466 e. The molecule has 1 atom stereocenters. The van der Waals surface area contributed by atoms with Crippen LogP contribution in [0.1, 0.15) is 39.8 Å². The van der Waals surface area contributed by atoms with Crippen LogP contribution >= 0.6 is 0 Å². The third kappa shape index (κ3) is 3.83. The number of carbonyl (C=O) groups excluding carboxylic acids is 1. The molecule has 0 aromatic carbocycles. The molecule has 0 bridgehead atoms. The Labute approximate surface area is 110 Å². The fourth-order valence-corrected chi connectivity index (χ4v) is 1.90. The summed E-state index contributed by atoms with van der Waals surface area (Å²) in [6.07, 6.45) is 3.33. The van der Waals surface area contributed by atoms with Gasteiger partial charge < -0.3 is 4.74 Å². The predicted molar refractivity (Wildman–Crippen MR) is 72.1 cm³/mol. The number of rotatable bonds is 6. The molecule has 0 amide bonds. The summed E-state index contributed by atoms with van der Waals surface area (Å²) >= 11 is 0. The highest BCUT2D eigenvalue weighted by Gasteiger charge is 2.35. The SMILES string of the molecule is CCOC(=O)C(Cc1ccccn1)C(C)(C)CC. The van der Waals surface area contributed by atoms with Crippen molar-refractivity contribution in [2.24, 2.45) is 11.3 Å². The van der Waals surface area contributed by atoms with Gasteiger partial charge in [-0.15, -0.1) is 0 Å². The Kier molecular flexibility index (Phi) is 5.32. The Morgan fingerprint density at radius 2 is 2.11 bits per heavy atom. The first-order chi connectivity index (χ1) is 8.51. The Balaban J connectivity index is 2.88. The van der Waals surface area contributed by atoms with Gasteiger partial charge in [0.2, 0.25) is 0 Å². The van der Waals surface area contributed by atoms with Crippen molar-refractivity contribution in [3.05, 3.63) is 30.1 Å². The van der Waals surface area contributed by atoms with Gasteiger partial charge in [0.15, 0.2) is 0 Å². The lowest BCUT2D eigenvalue weighted by atomic mass is 9.74. The molecule has 0 aliphatic heterocycles. The number of hydrogen-bond donors (Lipinski definition) is 0. The molecule has 0 fully saturated rings. The zero-order valence-electron chi connectivity index (χ0n) is 11.8. The summed E-state index contributed by atoms with van der Waals surface area (Å²) in [7, 11) is 0. The normalized spacial score (nSPS) is 13.1. The Morgan fingerprint density at radius 3 is 2.61 bits per heavy atom. The minimum atomic E-state index is -0.141. The van der Waals surface area contributed by atoms with E-state index in [2.05, 4.69) is 25.8 Å². The first-order valence-corrected chi connectivity index (χ1v) is 6.57. The predicted octanol–water partition coefficient (Wildman–Crippen LogP) is 3.24. The van der Waals surface area contributed by atoms with E-state index in [0.717, 1.165) is 12.1 Å². The average molecular weight is 249 g/mol. The van der Waals surface area contributed by atoms with Crippen LogP contribution in [0, 0.1) is 11.3 Å². The smallest absolute Gasteiger partial charge is 0.309 e. The zero-order chi connectivity index (χ0) is 13.6. The van der Waals surface area contributed by atoms with E-state index in [4.69, 9.17) is 4.74 Å². The lowest BCUT2D eigenvalue weighted by Gasteiger charge is -2.31. The molecule has 0 saturated heterocycles. The minimum absolute atomic E-state index is 0.0796. The number of ether oxygens (including phenoxy) is 1. The van der Waals surface area contributed by atoms with Crippen LogP contribution in [0.4, 0.5) is 0 Å². The lowest BCUT2D eigenvalue weighted by molar-refractivity contribution is -0.152. The van der Waals surface area contributed by atoms with Gasteiger partial charge in [-0.2, -0.15) is 0 Å². The summed E-state index contributed by atoms with van der Waals surface area (Å²) in [4.78, 5) is 16.4. The van der Waals surface area contributed by atoms with Crippen molar-refractivity contribution in [2.45, 2.75) is 40.5 Å². The van der Waals surface area contributed by atoms with Crippen LogP contribution in [0.3, 0.4) is 0 Å². The Morgan fingerprint density at radius 1 is 1.39 bits per heavy atom. The van der Waals surface area contributed by atoms with Gasteiger partial charge in [-0.25, -0.2) is 0 Å². The number of hydrogen-bond acceptors (Lipinski definition) is 3. The number of nitrogens with zero attached hydrogens (tertiary/aromatic N) is 1. The zero-order valence-corrected chi connectivity index (χ0v) is 11.8. The summed E-state index contributed by atoms with van der Waals surface area (Å²) < 4.78 is 5.20. The first-order valence-electron chi connectivity index (χ1n) is 6.57. The maximum absolute atomic E-state index is 12.1. The standard InChI is InChI=1S/C15H23NO2/c1-5-15(3,4)13(14(17)18-6-2)11-12-9-7-8-10-16-12/h7-10,13H,5-6,11H2,1-4H3. The van der Waals surface area contributed by atoms with Crippen LogP contribution < -0.4 is 0 Å². The molecule has 1 rings (SSSR count). The van der Waals surface area contributed by atoms with Gasteiger partial charge in [-0.1, -0.05) is 33.3 Å². The number of carbonyl (C=O) groups is 1. The molecule has 0 N–H and O–H groups in total. The van der Waals surface area contributed by atoms with Crippen molar-refractivity contribution in [1.29, 1.82) is 0 Å². The van der Waals surface area contributed by atoms with Crippen LogP contribution in [-0.4, -0.2) is 17.6 Å². The minimum Gasteiger partial charge on any atom is -0.466 e. The van der Waals surface area contributed by atoms with Crippen LogP contribution in [0.2, 0.25) is 0 Å². The van der Waals surface area contributed by atoms with Gasteiger partial charge in [-0.3, -0.25) is 9.78 Å². The molecule has 100 valence electrons. The topological polar surface area (TPSA) is 39.2 Å². The molecule has 1 aromatic rings. The van der Waals surface area contributed by atoms with Crippen molar-refractivity contribution in [2.75, 3.05) is 6.61 Å². The molecule has 1 heterocycles. The summed E-state index contributed by atoms with van der Waals surface area (Å²) in [5.74, 6) is -0.257. The second-order valence-electron chi connectivity index (χ2n) is 5.17. The third-order valence-electron chi connectivity index (χ3n) is 3.57. The monoisotopic (exact) mass is 249 g/mol.